The summed E-state index contributed by atoms with van der Waals surface area (Å²) in [7, 11) is 3.08. The normalized spacial score (nSPS) is 11.7. The molecule has 0 aliphatic rings. The van der Waals surface area contributed by atoms with Crippen LogP contribution in [0.5, 0.6) is 11.5 Å². The van der Waals surface area contributed by atoms with E-state index in [2.05, 4.69) is 4.98 Å². The number of hydrogen-bond donors (Lipinski definition) is 1. The Labute approximate surface area is 170 Å². The Balaban J connectivity index is 2.04. The number of aromatic nitrogens is 1. The predicted octanol–water partition coefficient (Wildman–Crippen LogP) is 3.60. The summed E-state index contributed by atoms with van der Waals surface area (Å²) < 4.78 is 15.9. The fraction of sp³-hybridized carbons (Fsp3) is 0.409. The average molecular weight is 401 g/mol. The predicted molar refractivity (Wildman–Crippen MR) is 108 cm³/mol. The van der Waals surface area contributed by atoms with Crippen molar-refractivity contribution < 1.29 is 28.6 Å². The number of H-pyrrole nitrogens is 1. The summed E-state index contributed by atoms with van der Waals surface area (Å²) in [6.07, 6.45) is -0.496. The molecule has 0 saturated carbocycles. The third-order valence-electron chi connectivity index (χ3n) is 4.80. The minimum atomic E-state index is -0.966. The van der Waals surface area contributed by atoms with Crippen molar-refractivity contribution in [3.63, 3.8) is 0 Å². The van der Waals surface area contributed by atoms with Crippen LogP contribution in [0.4, 0.5) is 0 Å². The maximum absolute atomic E-state index is 12.7. The Morgan fingerprint density at radius 1 is 1.10 bits per heavy atom. The smallest absolute Gasteiger partial charge is 0.306 e. The molecule has 1 heterocycles. The Hall–Kier alpha value is -3.09. The lowest BCUT2D eigenvalue weighted by Gasteiger charge is -2.14. The average Bonchev–Trinajstić information content (AvgIpc) is 2.99. The van der Waals surface area contributed by atoms with Gasteiger partial charge in [0.1, 0.15) is 0 Å². The molecule has 1 aromatic carbocycles. The van der Waals surface area contributed by atoms with E-state index in [9.17, 15) is 14.4 Å². The number of aryl methyl sites for hydroxylation is 2. The highest BCUT2D eigenvalue weighted by Crippen LogP contribution is 2.31. The first-order valence-electron chi connectivity index (χ1n) is 9.34. The highest BCUT2D eigenvalue weighted by Gasteiger charge is 2.26. The van der Waals surface area contributed by atoms with Gasteiger partial charge in [-0.25, -0.2) is 0 Å². The lowest BCUT2D eigenvalue weighted by Crippen LogP contribution is -2.25. The molecular weight excluding hydrogens is 374 g/mol. The molecule has 1 aromatic heterocycles. The zero-order valence-corrected chi connectivity index (χ0v) is 17.7. The van der Waals surface area contributed by atoms with E-state index >= 15 is 0 Å². The summed E-state index contributed by atoms with van der Waals surface area (Å²) in [4.78, 5) is 39.7. The summed E-state index contributed by atoms with van der Waals surface area (Å²) in [5, 5.41) is 0. The van der Waals surface area contributed by atoms with Gasteiger partial charge in [-0.2, -0.15) is 0 Å². The number of Topliss-reactive ketones (excluding diaryl/α,β-unsaturated/α-hetero) is 2. The van der Waals surface area contributed by atoms with Crippen LogP contribution in [0, 0.1) is 13.8 Å². The number of carbonyl (C=O) groups excluding carboxylic acids is 3. The van der Waals surface area contributed by atoms with Crippen LogP contribution in [0.1, 0.15) is 57.9 Å². The molecule has 2 rings (SSSR count). The third kappa shape index (κ3) is 4.85. The van der Waals surface area contributed by atoms with E-state index in [1.54, 1.807) is 27.0 Å². The van der Waals surface area contributed by atoms with Crippen molar-refractivity contribution in [2.75, 3.05) is 14.2 Å². The standard InChI is InChI=1S/C22H27NO6/c1-12-19(14(3)24)13(2)23-20(12)21(26)15(4)29-18(25)11-10-16-8-7-9-17(27-5)22(16)28-6/h7-9,15,23H,10-11H2,1-6H3/t15-/m1/s1. The molecule has 7 heteroatoms. The van der Waals surface area contributed by atoms with Crippen LogP contribution in [-0.4, -0.2) is 42.8 Å². The number of esters is 1. The van der Waals surface area contributed by atoms with E-state index in [0.29, 0.717) is 40.4 Å². The number of rotatable bonds is 9. The van der Waals surface area contributed by atoms with Crippen LogP contribution < -0.4 is 9.47 Å². The number of aromatic amines is 1. The molecule has 1 N–H and O–H groups in total. The first-order chi connectivity index (χ1) is 13.7. The maximum Gasteiger partial charge on any atom is 0.306 e. The van der Waals surface area contributed by atoms with Crippen LogP contribution >= 0.6 is 0 Å². The highest BCUT2D eigenvalue weighted by molar-refractivity contribution is 6.05. The van der Waals surface area contributed by atoms with Crippen LogP contribution in [0.25, 0.3) is 0 Å². The lowest BCUT2D eigenvalue weighted by atomic mass is 10.0. The molecule has 0 spiro atoms. The fourth-order valence-electron chi connectivity index (χ4n) is 3.42. The second kappa shape index (κ2) is 9.41. The molecule has 1 atom stereocenters. The molecule has 0 amide bonds. The summed E-state index contributed by atoms with van der Waals surface area (Å²) >= 11 is 0. The molecule has 0 aliphatic heterocycles. The van der Waals surface area contributed by atoms with Crippen LogP contribution in [0.2, 0.25) is 0 Å². The zero-order chi connectivity index (χ0) is 21.7. The molecular formula is C22H27NO6. The molecule has 0 saturated heterocycles. The van der Waals surface area contributed by atoms with Gasteiger partial charge in [0.25, 0.3) is 0 Å². The Bertz CT molecular complexity index is 928. The molecule has 0 unspecified atom stereocenters. The molecule has 0 aliphatic carbocycles. The van der Waals surface area contributed by atoms with Gasteiger partial charge in [0.05, 0.1) is 19.9 Å². The number of ketones is 2. The summed E-state index contributed by atoms with van der Waals surface area (Å²) in [5.41, 5.74) is 2.80. The van der Waals surface area contributed by atoms with Gasteiger partial charge < -0.3 is 19.2 Å². The van der Waals surface area contributed by atoms with Gasteiger partial charge in [0.2, 0.25) is 5.78 Å². The van der Waals surface area contributed by atoms with Gasteiger partial charge in [0, 0.05) is 17.7 Å². The number of ether oxygens (including phenoxy) is 3. The van der Waals surface area contributed by atoms with E-state index in [4.69, 9.17) is 14.2 Å². The van der Waals surface area contributed by atoms with Crippen molar-refractivity contribution in [3.8, 4) is 11.5 Å². The van der Waals surface area contributed by atoms with E-state index in [0.717, 1.165) is 5.56 Å². The Morgan fingerprint density at radius 2 is 1.79 bits per heavy atom. The number of methoxy groups -OCH3 is 2. The van der Waals surface area contributed by atoms with Gasteiger partial charge in [-0.15, -0.1) is 0 Å². The molecule has 0 fully saturated rings. The summed E-state index contributed by atoms with van der Waals surface area (Å²) in [6.45, 7) is 6.42. The largest absolute Gasteiger partial charge is 0.493 e. The molecule has 29 heavy (non-hydrogen) atoms. The van der Waals surface area contributed by atoms with Crippen molar-refractivity contribution >= 4 is 17.5 Å². The van der Waals surface area contributed by atoms with Gasteiger partial charge in [-0.05, 0) is 51.3 Å². The van der Waals surface area contributed by atoms with Crippen molar-refractivity contribution in [1.29, 1.82) is 0 Å². The number of para-hydroxylation sites is 1. The summed E-state index contributed by atoms with van der Waals surface area (Å²) in [5.74, 6) is 0.169. The monoisotopic (exact) mass is 401 g/mol. The molecule has 156 valence electrons. The highest BCUT2D eigenvalue weighted by atomic mass is 16.5. The Morgan fingerprint density at radius 3 is 2.34 bits per heavy atom. The molecule has 0 bridgehead atoms. The Kier molecular flexibility index (Phi) is 7.20. The van der Waals surface area contributed by atoms with Crippen LogP contribution in [-0.2, 0) is 16.0 Å². The van der Waals surface area contributed by atoms with Gasteiger partial charge in [-0.1, -0.05) is 12.1 Å². The van der Waals surface area contributed by atoms with Crippen LogP contribution in [0.15, 0.2) is 18.2 Å². The second-order valence-corrected chi connectivity index (χ2v) is 6.83. The first-order valence-corrected chi connectivity index (χ1v) is 9.34. The topological polar surface area (TPSA) is 94.7 Å². The minimum Gasteiger partial charge on any atom is -0.493 e. The molecule has 2 aromatic rings. The fourth-order valence-corrected chi connectivity index (χ4v) is 3.42. The number of hydrogen-bond acceptors (Lipinski definition) is 6. The van der Waals surface area contributed by atoms with Gasteiger partial charge in [0.15, 0.2) is 23.4 Å². The SMILES string of the molecule is COc1cccc(CCC(=O)O[C@H](C)C(=O)c2[nH]c(C)c(C(C)=O)c2C)c1OC. The van der Waals surface area contributed by atoms with Crippen molar-refractivity contribution in [2.45, 2.75) is 46.6 Å². The number of nitrogens with one attached hydrogen (secondary N) is 1. The second-order valence-electron chi connectivity index (χ2n) is 6.83. The molecule has 7 nitrogen and oxygen atoms in total. The lowest BCUT2D eigenvalue weighted by molar-refractivity contribution is -0.146. The number of benzene rings is 1. The van der Waals surface area contributed by atoms with Crippen molar-refractivity contribution in [1.82, 2.24) is 4.98 Å². The maximum atomic E-state index is 12.7. The van der Waals surface area contributed by atoms with Gasteiger partial charge >= 0.3 is 5.97 Å². The van der Waals surface area contributed by atoms with Gasteiger partial charge in [-0.3, -0.25) is 14.4 Å². The summed E-state index contributed by atoms with van der Waals surface area (Å²) in [6, 6.07) is 5.44. The van der Waals surface area contributed by atoms with E-state index in [-0.39, 0.29) is 18.0 Å². The third-order valence-corrected chi connectivity index (χ3v) is 4.80. The minimum absolute atomic E-state index is 0.0859. The van der Waals surface area contributed by atoms with Crippen molar-refractivity contribution in [2.24, 2.45) is 0 Å². The quantitative estimate of drug-likeness (QED) is 0.510. The van der Waals surface area contributed by atoms with Crippen LogP contribution in [0.3, 0.4) is 0 Å². The van der Waals surface area contributed by atoms with E-state index < -0.39 is 12.1 Å². The van der Waals surface area contributed by atoms with Crippen molar-refractivity contribution in [3.05, 3.63) is 46.3 Å². The zero-order valence-electron chi connectivity index (χ0n) is 17.7. The molecule has 0 radical (unpaired) electrons. The van der Waals surface area contributed by atoms with E-state index in [1.807, 2.05) is 12.1 Å². The van der Waals surface area contributed by atoms with E-state index in [1.165, 1.54) is 21.0 Å². The first kappa shape index (κ1) is 22.2. The number of carbonyl (C=O) groups is 3.